The molecule has 0 unspecified atom stereocenters. The van der Waals surface area contributed by atoms with Crippen molar-refractivity contribution >= 4 is 62.5 Å². The first-order valence-electron chi connectivity index (χ1n) is 11.1. The van der Waals surface area contributed by atoms with Gasteiger partial charge >= 0.3 is 5.97 Å². The molecule has 3 amide bonds. The van der Waals surface area contributed by atoms with E-state index in [9.17, 15) is 19.2 Å². The lowest BCUT2D eigenvalue weighted by molar-refractivity contribution is -0.145. The molecular formula is C25H25BrN2O7S. The van der Waals surface area contributed by atoms with Crippen molar-refractivity contribution in [2.24, 2.45) is 0 Å². The Labute approximate surface area is 221 Å². The lowest BCUT2D eigenvalue weighted by Crippen LogP contribution is -2.36. The predicted octanol–water partition coefficient (Wildman–Crippen LogP) is 4.64. The fraction of sp³-hybridized carbons (Fsp3) is 0.280. The van der Waals surface area contributed by atoms with Crippen LogP contribution in [-0.2, 0) is 25.5 Å². The van der Waals surface area contributed by atoms with Crippen LogP contribution in [0.5, 0.6) is 11.5 Å². The van der Waals surface area contributed by atoms with Crippen molar-refractivity contribution in [2.45, 2.75) is 20.3 Å². The lowest BCUT2D eigenvalue weighted by atomic mass is 10.1. The molecule has 0 aromatic heterocycles. The summed E-state index contributed by atoms with van der Waals surface area (Å²) < 4.78 is 16.2. The molecule has 2 aromatic rings. The minimum Gasteiger partial charge on any atom is -0.493 e. The summed E-state index contributed by atoms with van der Waals surface area (Å²) >= 11 is 4.12. The molecule has 0 radical (unpaired) electrons. The van der Waals surface area contributed by atoms with E-state index in [4.69, 9.17) is 14.2 Å². The topological polar surface area (TPSA) is 111 Å². The summed E-state index contributed by atoms with van der Waals surface area (Å²) in [5.74, 6) is -0.965. The van der Waals surface area contributed by atoms with Gasteiger partial charge in [-0.15, -0.1) is 0 Å². The molecule has 1 aliphatic heterocycles. The number of amides is 3. The number of hydrogen-bond donors (Lipinski definition) is 1. The van der Waals surface area contributed by atoms with Crippen molar-refractivity contribution < 1.29 is 33.4 Å². The van der Waals surface area contributed by atoms with Gasteiger partial charge in [0.1, 0.15) is 6.54 Å². The molecule has 190 valence electrons. The summed E-state index contributed by atoms with van der Waals surface area (Å²) in [5, 5.41) is 2.16. The van der Waals surface area contributed by atoms with Crippen molar-refractivity contribution in [2.75, 3.05) is 32.2 Å². The van der Waals surface area contributed by atoms with Crippen molar-refractivity contribution in [3.05, 3.63) is 56.9 Å². The minimum atomic E-state index is -0.570. The number of anilines is 1. The predicted molar refractivity (Wildman–Crippen MR) is 140 cm³/mol. The first-order chi connectivity index (χ1) is 17.2. The Balaban J connectivity index is 1.70. The van der Waals surface area contributed by atoms with Gasteiger partial charge in [0, 0.05) is 5.69 Å². The largest absolute Gasteiger partial charge is 0.493 e. The summed E-state index contributed by atoms with van der Waals surface area (Å²) in [4.78, 5) is 50.4. The van der Waals surface area contributed by atoms with Crippen molar-refractivity contribution in [1.29, 1.82) is 0 Å². The Morgan fingerprint density at radius 2 is 1.86 bits per heavy atom. The number of carbonyl (C=O) groups is 4. The van der Waals surface area contributed by atoms with Gasteiger partial charge in [-0.1, -0.05) is 19.1 Å². The van der Waals surface area contributed by atoms with Gasteiger partial charge in [0.15, 0.2) is 18.1 Å². The number of benzene rings is 2. The molecule has 1 saturated heterocycles. The van der Waals surface area contributed by atoms with Gasteiger partial charge < -0.3 is 19.5 Å². The molecule has 11 heteroatoms. The molecule has 3 rings (SSSR count). The maximum absolute atomic E-state index is 12.9. The number of aryl methyl sites for hydroxylation is 1. The van der Waals surface area contributed by atoms with Crippen LogP contribution >= 0.6 is 27.7 Å². The van der Waals surface area contributed by atoms with Crippen LogP contribution < -0.4 is 14.8 Å². The Kier molecular flexibility index (Phi) is 9.54. The van der Waals surface area contributed by atoms with E-state index in [0.717, 1.165) is 28.6 Å². The molecule has 36 heavy (non-hydrogen) atoms. The highest BCUT2D eigenvalue weighted by molar-refractivity contribution is 9.10. The van der Waals surface area contributed by atoms with Crippen LogP contribution in [0, 0.1) is 0 Å². The molecule has 0 atom stereocenters. The number of esters is 1. The zero-order valence-corrected chi connectivity index (χ0v) is 22.4. The quantitative estimate of drug-likeness (QED) is 0.321. The first-order valence-corrected chi connectivity index (χ1v) is 12.7. The van der Waals surface area contributed by atoms with E-state index < -0.39 is 29.6 Å². The molecule has 1 fully saturated rings. The van der Waals surface area contributed by atoms with E-state index in [1.165, 1.54) is 13.2 Å². The number of nitrogens with zero attached hydrogens (tertiary/aromatic N) is 1. The van der Waals surface area contributed by atoms with E-state index >= 15 is 0 Å². The molecule has 9 nitrogen and oxygen atoms in total. The highest BCUT2D eigenvalue weighted by atomic mass is 79.9. The summed E-state index contributed by atoms with van der Waals surface area (Å²) in [7, 11) is 1.44. The van der Waals surface area contributed by atoms with E-state index in [2.05, 4.69) is 21.2 Å². The van der Waals surface area contributed by atoms with Crippen LogP contribution in [0.1, 0.15) is 25.0 Å². The normalized spacial score (nSPS) is 14.2. The molecule has 1 N–H and O–H groups in total. The maximum Gasteiger partial charge on any atom is 0.344 e. The lowest BCUT2D eigenvalue weighted by Gasteiger charge is -2.13. The van der Waals surface area contributed by atoms with Gasteiger partial charge in [-0.25, -0.2) is 4.79 Å². The van der Waals surface area contributed by atoms with Crippen LogP contribution in [0.3, 0.4) is 0 Å². The molecule has 1 aliphatic rings. The molecule has 0 spiro atoms. The second-order valence-corrected chi connectivity index (χ2v) is 9.34. The molecule has 2 aromatic carbocycles. The van der Waals surface area contributed by atoms with Crippen molar-refractivity contribution in [1.82, 2.24) is 4.90 Å². The number of nitrogens with one attached hydrogen (secondary N) is 1. The van der Waals surface area contributed by atoms with Crippen LogP contribution in [0.15, 0.2) is 45.8 Å². The van der Waals surface area contributed by atoms with Crippen LogP contribution in [0.2, 0.25) is 0 Å². The Hall–Kier alpha value is -3.31. The minimum absolute atomic E-state index is 0.161. The number of carbonyl (C=O) groups excluding carboxylic acids is 4. The summed E-state index contributed by atoms with van der Waals surface area (Å²) in [5.41, 5.74) is 2.26. The highest BCUT2D eigenvalue weighted by Crippen LogP contribution is 2.39. The van der Waals surface area contributed by atoms with Crippen LogP contribution in [0.25, 0.3) is 6.08 Å². The van der Waals surface area contributed by atoms with E-state index in [-0.39, 0.29) is 18.1 Å². The van der Waals surface area contributed by atoms with E-state index in [1.54, 1.807) is 31.2 Å². The number of rotatable bonds is 10. The number of hydrogen-bond acceptors (Lipinski definition) is 8. The smallest absolute Gasteiger partial charge is 0.344 e. The van der Waals surface area contributed by atoms with Gasteiger partial charge in [-0.2, -0.15) is 0 Å². The standard InChI is InChI=1S/C25H25BrN2O7S/c1-4-15-6-8-17(9-7-15)27-21(29)13-28-24(31)20(36-25(28)32)12-16-10-18(26)23(19(11-16)33-3)35-14-22(30)34-5-2/h6-12H,4-5,13-14H2,1-3H3,(H,27,29)/b20-12-. The summed E-state index contributed by atoms with van der Waals surface area (Å²) in [6.45, 7) is 3.27. The zero-order valence-electron chi connectivity index (χ0n) is 20.0. The van der Waals surface area contributed by atoms with Crippen molar-refractivity contribution in [3.8, 4) is 11.5 Å². The fourth-order valence-corrected chi connectivity index (χ4v) is 4.66. The molecule has 0 bridgehead atoms. The molecular weight excluding hydrogens is 552 g/mol. The van der Waals surface area contributed by atoms with Gasteiger partial charge in [0.2, 0.25) is 5.91 Å². The SMILES string of the molecule is CCOC(=O)COc1c(Br)cc(/C=C2\SC(=O)N(CC(=O)Nc3ccc(CC)cc3)C2=O)cc1OC. The average Bonchev–Trinajstić information content (AvgIpc) is 3.10. The highest BCUT2D eigenvalue weighted by Gasteiger charge is 2.36. The van der Waals surface area contributed by atoms with E-state index in [1.807, 2.05) is 19.1 Å². The maximum atomic E-state index is 12.9. The number of methoxy groups -OCH3 is 1. The Morgan fingerprint density at radius 3 is 2.50 bits per heavy atom. The Morgan fingerprint density at radius 1 is 1.14 bits per heavy atom. The second kappa shape index (κ2) is 12.6. The zero-order chi connectivity index (χ0) is 26.2. The number of ether oxygens (including phenoxy) is 3. The van der Waals surface area contributed by atoms with Crippen molar-refractivity contribution in [3.63, 3.8) is 0 Å². The fourth-order valence-electron chi connectivity index (χ4n) is 3.25. The number of halogens is 1. The summed E-state index contributed by atoms with van der Waals surface area (Å²) in [6, 6.07) is 10.6. The van der Waals surface area contributed by atoms with Gasteiger partial charge in [0.25, 0.3) is 11.1 Å². The second-order valence-electron chi connectivity index (χ2n) is 7.49. The molecule has 0 saturated carbocycles. The first kappa shape index (κ1) is 27.3. The third-order valence-electron chi connectivity index (χ3n) is 5.01. The average molecular weight is 577 g/mol. The van der Waals surface area contributed by atoms with Gasteiger partial charge in [-0.05, 0) is 82.5 Å². The third kappa shape index (κ3) is 6.88. The molecule has 0 aliphatic carbocycles. The number of imide groups is 1. The van der Waals surface area contributed by atoms with Crippen LogP contribution in [-0.4, -0.2) is 54.8 Å². The van der Waals surface area contributed by atoms with E-state index in [0.29, 0.717) is 27.2 Å². The van der Waals surface area contributed by atoms with Crippen LogP contribution in [0.4, 0.5) is 10.5 Å². The monoisotopic (exact) mass is 576 g/mol. The van der Waals surface area contributed by atoms with Gasteiger partial charge in [-0.3, -0.25) is 19.3 Å². The Bertz CT molecular complexity index is 1200. The number of thioether (sulfide) groups is 1. The third-order valence-corrected chi connectivity index (χ3v) is 6.51. The summed E-state index contributed by atoms with van der Waals surface area (Å²) in [6.07, 6.45) is 2.40. The van der Waals surface area contributed by atoms with Gasteiger partial charge in [0.05, 0.1) is 23.1 Å². The molecule has 1 heterocycles.